The Labute approximate surface area is 161 Å². The molecule has 1 aromatic rings. The summed E-state index contributed by atoms with van der Waals surface area (Å²) in [4.78, 5) is 17.1. The van der Waals surface area contributed by atoms with Gasteiger partial charge in [0.25, 0.3) is 0 Å². The first kappa shape index (κ1) is 19.8. The van der Waals surface area contributed by atoms with E-state index < -0.39 is 0 Å². The lowest BCUT2D eigenvalue weighted by Crippen LogP contribution is -2.48. The molecule has 3 rings (SSSR count). The van der Waals surface area contributed by atoms with Crippen LogP contribution in [0.3, 0.4) is 0 Å². The Kier molecular flexibility index (Phi) is 6.79. The summed E-state index contributed by atoms with van der Waals surface area (Å²) in [5.41, 5.74) is 0.891. The van der Waals surface area contributed by atoms with E-state index in [1.807, 2.05) is 12.1 Å². The van der Waals surface area contributed by atoms with Gasteiger partial charge in [0.05, 0.1) is 7.11 Å². The average Bonchev–Trinajstić information content (AvgIpc) is 2.70. The number of fused-ring (bicyclic) bond motifs is 1. The maximum Gasteiger partial charge on any atom is 0.220 e. The van der Waals surface area contributed by atoms with Crippen molar-refractivity contribution in [2.24, 2.45) is 0 Å². The zero-order valence-electron chi connectivity index (χ0n) is 16.6. The van der Waals surface area contributed by atoms with E-state index in [4.69, 9.17) is 14.2 Å². The minimum Gasteiger partial charge on any atom is -0.496 e. The molecule has 0 spiro atoms. The molecule has 7 nitrogen and oxygen atoms in total. The van der Waals surface area contributed by atoms with Crippen molar-refractivity contribution in [1.29, 1.82) is 0 Å². The van der Waals surface area contributed by atoms with Crippen LogP contribution in [0.25, 0.3) is 0 Å². The number of amides is 1. The van der Waals surface area contributed by atoms with Gasteiger partial charge in [-0.2, -0.15) is 0 Å². The van der Waals surface area contributed by atoms with Gasteiger partial charge in [-0.1, -0.05) is 0 Å². The Bertz CT molecular complexity index is 644. The highest BCUT2D eigenvalue weighted by atomic mass is 16.6. The van der Waals surface area contributed by atoms with Crippen LogP contribution in [0.15, 0.2) is 12.1 Å². The fourth-order valence-electron chi connectivity index (χ4n) is 3.51. The molecule has 0 bridgehead atoms. The molecule has 1 unspecified atom stereocenters. The molecule has 2 aliphatic rings. The minimum absolute atomic E-state index is 0.0629. The van der Waals surface area contributed by atoms with Gasteiger partial charge in [0, 0.05) is 56.8 Å². The van der Waals surface area contributed by atoms with Gasteiger partial charge in [-0.05, 0) is 26.5 Å². The predicted octanol–water partition coefficient (Wildman–Crippen LogP) is 1.50. The highest BCUT2D eigenvalue weighted by molar-refractivity contribution is 5.76. The summed E-state index contributed by atoms with van der Waals surface area (Å²) < 4.78 is 16.6. The number of nitrogens with one attached hydrogen (secondary N) is 1. The molecule has 0 aliphatic carbocycles. The van der Waals surface area contributed by atoms with Crippen molar-refractivity contribution >= 4 is 5.91 Å². The summed E-state index contributed by atoms with van der Waals surface area (Å²) in [6.07, 6.45) is 1.40. The van der Waals surface area contributed by atoms with E-state index in [2.05, 4.69) is 29.1 Å². The lowest BCUT2D eigenvalue weighted by molar-refractivity contribution is -0.121. The minimum atomic E-state index is 0.0629. The first-order chi connectivity index (χ1) is 13.1. The number of carbonyl (C=O) groups excluding carboxylic acids is 1. The summed E-state index contributed by atoms with van der Waals surface area (Å²) in [6.45, 7) is 8.05. The molecule has 27 heavy (non-hydrogen) atoms. The van der Waals surface area contributed by atoms with Crippen LogP contribution >= 0.6 is 0 Å². The maximum atomic E-state index is 12.3. The van der Waals surface area contributed by atoms with Gasteiger partial charge in [0.1, 0.15) is 19.0 Å². The molecule has 1 aromatic carbocycles. The molecule has 1 atom stereocenters. The van der Waals surface area contributed by atoms with Crippen LogP contribution in [0.2, 0.25) is 0 Å². The molecule has 0 radical (unpaired) electrons. The van der Waals surface area contributed by atoms with Crippen molar-refractivity contribution in [3.8, 4) is 17.2 Å². The van der Waals surface area contributed by atoms with E-state index in [1.54, 1.807) is 7.11 Å². The lowest BCUT2D eigenvalue weighted by atomic mass is 10.1. The molecule has 1 fully saturated rings. The normalized spacial score (nSPS) is 18.8. The van der Waals surface area contributed by atoms with Crippen LogP contribution in [0, 0.1) is 0 Å². The average molecular weight is 377 g/mol. The molecular formula is C20H31N3O4. The summed E-state index contributed by atoms with van der Waals surface area (Å²) in [5, 5.41) is 3.00. The van der Waals surface area contributed by atoms with Crippen LogP contribution in [-0.4, -0.2) is 75.3 Å². The molecule has 2 aliphatic heterocycles. The number of piperazine rings is 1. The van der Waals surface area contributed by atoms with E-state index in [0.717, 1.165) is 38.2 Å². The van der Waals surface area contributed by atoms with Gasteiger partial charge >= 0.3 is 0 Å². The smallest absolute Gasteiger partial charge is 0.220 e. The summed E-state index contributed by atoms with van der Waals surface area (Å²) in [6, 6.07) is 4.14. The van der Waals surface area contributed by atoms with Crippen LogP contribution < -0.4 is 19.5 Å². The quantitative estimate of drug-likeness (QED) is 0.777. The molecule has 2 heterocycles. The van der Waals surface area contributed by atoms with Crippen molar-refractivity contribution in [1.82, 2.24) is 15.1 Å². The van der Waals surface area contributed by atoms with E-state index in [-0.39, 0.29) is 5.91 Å². The van der Waals surface area contributed by atoms with E-state index in [9.17, 15) is 4.79 Å². The second-order valence-electron chi connectivity index (χ2n) is 7.31. The number of likely N-dealkylation sites (N-methyl/N-ethyl adjacent to an activating group) is 1. The van der Waals surface area contributed by atoms with Crippen molar-refractivity contribution < 1.29 is 19.0 Å². The first-order valence-electron chi connectivity index (χ1n) is 9.72. The SMILES string of the molecule is COc1cc2c(cc1CNC(=O)CCC(C)N1CCN(C)CC1)OCCO2. The van der Waals surface area contributed by atoms with Crippen LogP contribution in [0.1, 0.15) is 25.3 Å². The van der Waals surface area contributed by atoms with Gasteiger partial charge in [0.2, 0.25) is 5.91 Å². The number of methoxy groups -OCH3 is 1. The topological polar surface area (TPSA) is 63.3 Å². The monoisotopic (exact) mass is 377 g/mol. The molecule has 1 saturated heterocycles. The third-order valence-corrected chi connectivity index (χ3v) is 5.37. The Hall–Kier alpha value is -1.99. The number of carbonyl (C=O) groups is 1. The van der Waals surface area contributed by atoms with Crippen molar-refractivity contribution in [2.45, 2.75) is 32.4 Å². The summed E-state index contributed by atoms with van der Waals surface area (Å²) in [7, 11) is 3.77. The number of ether oxygens (including phenoxy) is 3. The Balaban J connectivity index is 1.47. The molecular weight excluding hydrogens is 346 g/mol. The van der Waals surface area contributed by atoms with Crippen molar-refractivity contribution in [3.63, 3.8) is 0 Å². The van der Waals surface area contributed by atoms with Gasteiger partial charge in [-0.15, -0.1) is 0 Å². The van der Waals surface area contributed by atoms with Gasteiger partial charge < -0.3 is 24.4 Å². The zero-order valence-corrected chi connectivity index (χ0v) is 16.6. The third kappa shape index (κ3) is 5.26. The van der Waals surface area contributed by atoms with Crippen LogP contribution in [-0.2, 0) is 11.3 Å². The third-order valence-electron chi connectivity index (χ3n) is 5.37. The van der Waals surface area contributed by atoms with Crippen LogP contribution in [0.5, 0.6) is 17.2 Å². The Morgan fingerprint density at radius 3 is 2.52 bits per heavy atom. The maximum absolute atomic E-state index is 12.3. The van der Waals surface area contributed by atoms with Gasteiger partial charge in [-0.3, -0.25) is 9.69 Å². The summed E-state index contributed by atoms with van der Waals surface area (Å²) >= 11 is 0. The Morgan fingerprint density at radius 1 is 1.19 bits per heavy atom. The van der Waals surface area contributed by atoms with E-state index in [1.165, 1.54) is 0 Å². The molecule has 150 valence electrons. The number of hydrogen-bond donors (Lipinski definition) is 1. The van der Waals surface area contributed by atoms with E-state index >= 15 is 0 Å². The fraction of sp³-hybridized carbons (Fsp3) is 0.650. The summed E-state index contributed by atoms with van der Waals surface area (Å²) in [5.74, 6) is 2.16. The van der Waals surface area contributed by atoms with Gasteiger partial charge in [0.15, 0.2) is 11.5 Å². The second-order valence-corrected chi connectivity index (χ2v) is 7.31. The molecule has 0 aromatic heterocycles. The molecule has 7 heteroatoms. The zero-order chi connectivity index (χ0) is 19.2. The lowest BCUT2D eigenvalue weighted by Gasteiger charge is -2.36. The Morgan fingerprint density at radius 2 is 1.85 bits per heavy atom. The largest absolute Gasteiger partial charge is 0.496 e. The molecule has 1 N–H and O–H groups in total. The first-order valence-corrected chi connectivity index (χ1v) is 9.72. The number of benzene rings is 1. The van der Waals surface area contributed by atoms with Crippen molar-refractivity contribution in [3.05, 3.63) is 17.7 Å². The highest BCUT2D eigenvalue weighted by Crippen LogP contribution is 2.36. The number of hydrogen-bond acceptors (Lipinski definition) is 6. The second kappa shape index (κ2) is 9.28. The van der Waals surface area contributed by atoms with Crippen molar-refractivity contribution in [2.75, 3.05) is 53.6 Å². The highest BCUT2D eigenvalue weighted by Gasteiger charge is 2.20. The molecule has 0 saturated carbocycles. The van der Waals surface area contributed by atoms with Gasteiger partial charge in [-0.25, -0.2) is 0 Å². The number of nitrogens with zero attached hydrogens (tertiary/aromatic N) is 2. The van der Waals surface area contributed by atoms with E-state index in [0.29, 0.717) is 49.5 Å². The number of rotatable bonds is 7. The van der Waals surface area contributed by atoms with Crippen LogP contribution in [0.4, 0.5) is 0 Å². The fourth-order valence-corrected chi connectivity index (χ4v) is 3.51. The molecule has 1 amide bonds. The standard InChI is InChI=1S/C20H31N3O4/c1-15(23-8-6-22(2)7-9-23)4-5-20(24)21-14-16-12-18-19(13-17(16)25-3)27-11-10-26-18/h12-13,15H,4-11,14H2,1-3H3,(H,21,24). The predicted molar refractivity (Wildman–Crippen MR) is 104 cm³/mol.